The first kappa shape index (κ1) is 19.0. The van der Waals surface area contributed by atoms with E-state index in [2.05, 4.69) is 10.3 Å². The van der Waals surface area contributed by atoms with E-state index in [4.69, 9.17) is 11.6 Å². The fraction of sp³-hybridized carbons (Fsp3) is 0.238. The lowest BCUT2D eigenvalue weighted by molar-refractivity contribution is -0.113. The summed E-state index contributed by atoms with van der Waals surface area (Å²) in [6, 6.07) is 13.2. The number of thioether (sulfide) groups is 1. The van der Waals surface area contributed by atoms with Crippen molar-refractivity contribution in [1.82, 2.24) is 4.90 Å². The van der Waals surface area contributed by atoms with Gasteiger partial charge in [-0.2, -0.15) is 0 Å². The molecule has 1 N–H and O–H groups in total. The van der Waals surface area contributed by atoms with Crippen molar-refractivity contribution in [1.29, 1.82) is 0 Å². The highest BCUT2D eigenvalue weighted by atomic mass is 35.5. The number of allylic oxidation sites excluding steroid dienone is 1. The van der Waals surface area contributed by atoms with Crippen molar-refractivity contribution in [2.75, 3.05) is 17.6 Å². The van der Waals surface area contributed by atoms with Crippen molar-refractivity contribution in [3.05, 3.63) is 76.2 Å². The number of para-hydroxylation sites is 1. The summed E-state index contributed by atoms with van der Waals surface area (Å²) in [6.07, 6.45) is 0.929. The normalized spacial score (nSPS) is 19.2. The lowest BCUT2D eigenvalue weighted by Crippen LogP contribution is -2.43. The molecule has 1 fully saturated rings. The number of hydrogen-bond donors (Lipinski definition) is 1. The number of nitrogens with zero attached hydrogens (tertiary/aromatic N) is 2. The summed E-state index contributed by atoms with van der Waals surface area (Å²) in [7, 11) is 0. The molecule has 2 aromatic carbocycles. The number of halogens is 2. The van der Waals surface area contributed by atoms with Crippen LogP contribution < -0.4 is 5.32 Å². The van der Waals surface area contributed by atoms with Crippen LogP contribution in [0.2, 0.25) is 5.02 Å². The smallest absolute Gasteiger partial charge is 0.255 e. The van der Waals surface area contributed by atoms with Gasteiger partial charge in [-0.25, -0.2) is 9.38 Å². The molecule has 0 aromatic heterocycles. The van der Waals surface area contributed by atoms with Gasteiger partial charge in [-0.3, -0.25) is 4.79 Å². The fourth-order valence-electron chi connectivity index (χ4n) is 3.55. The second-order valence-corrected chi connectivity index (χ2v) is 8.12. The molecule has 2 heterocycles. The number of carbonyl (C=O) groups excluding carboxylic acids is 1. The zero-order valence-electron chi connectivity index (χ0n) is 15.3. The van der Waals surface area contributed by atoms with Crippen LogP contribution in [0.1, 0.15) is 24.9 Å². The van der Waals surface area contributed by atoms with Gasteiger partial charge in [-0.1, -0.05) is 47.6 Å². The molecular formula is C21H19ClFN3OS. The summed E-state index contributed by atoms with van der Waals surface area (Å²) >= 11 is 8.03. The maximum Gasteiger partial charge on any atom is 0.255 e. The topological polar surface area (TPSA) is 44.7 Å². The summed E-state index contributed by atoms with van der Waals surface area (Å²) in [4.78, 5) is 19.9. The molecular weight excluding hydrogens is 397 g/mol. The lowest BCUT2D eigenvalue weighted by atomic mass is 9.93. The van der Waals surface area contributed by atoms with E-state index in [1.807, 2.05) is 35.2 Å². The summed E-state index contributed by atoms with van der Waals surface area (Å²) in [5.74, 6) is 0.227. The minimum atomic E-state index is -0.613. The predicted octanol–water partition coefficient (Wildman–Crippen LogP) is 5.24. The molecule has 0 aliphatic carbocycles. The highest BCUT2D eigenvalue weighted by Gasteiger charge is 2.39. The Kier molecular flexibility index (Phi) is 5.42. The average Bonchev–Trinajstić information content (AvgIpc) is 2.68. The van der Waals surface area contributed by atoms with Gasteiger partial charge in [0, 0.05) is 28.6 Å². The number of benzene rings is 2. The van der Waals surface area contributed by atoms with E-state index < -0.39 is 11.9 Å². The number of amides is 1. The van der Waals surface area contributed by atoms with Gasteiger partial charge >= 0.3 is 0 Å². The zero-order chi connectivity index (χ0) is 19.7. The molecule has 0 saturated carbocycles. The van der Waals surface area contributed by atoms with E-state index >= 15 is 0 Å². The number of amidine groups is 1. The Labute approximate surface area is 172 Å². The standard InChI is InChI=1S/C21H19ClFN3OS/c1-13-17(20(27)25-14-7-3-2-4-8-14)19(18-15(22)9-5-10-16(18)23)26-11-6-12-28-21(26)24-13/h2-5,7-10,19H,6,11-12H2,1H3,(H,25,27)/t19-/m1/s1. The van der Waals surface area contributed by atoms with Gasteiger partial charge in [-0.15, -0.1) is 0 Å². The Bertz CT molecular complexity index is 957. The van der Waals surface area contributed by atoms with Crippen molar-refractivity contribution in [3.8, 4) is 0 Å². The summed E-state index contributed by atoms with van der Waals surface area (Å²) in [6.45, 7) is 2.48. The quantitative estimate of drug-likeness (QED) is 0.745. The largest absolute Gasteiger partial charge is 0.340 e. The fourth-order valence-corrected chi connectivity index (χ4v) is 4.84. The van der Waals surface area contributed by atoms with Crippen molar-refractivity contribution in [2.45, 2.75) is 19.4 Å². The maximum absolute atomic E-state index is 14.9. The van der Waals surface area contributed by atoms with E-state index in [0.717, 1.165) is 17.3 Å². The molecule has 7 heteroatoms. The summed E-state index contributed by atoms with van der Waals surface area (Å²) in [5, 5.41) is 4.03. The van der Waals surface area contributed by atoms with Crippen LogP contribution in [0.15, 0.2) is 64.8 Å². The van der Waals surface area contributed by atoms with Gasteiger partial charge in [-0.05, 0) is 37.6 Å². The molecule has 2 aromatic rings. The van der Waals surface area contributed by atoms with Gasteiger partial charge in [0.15, 0.2) is 5.17 Å². The molecule has 28 heavy (non-hydrogen) atoms. The highest BCUT2D eigenvalue weighted by molar-refractivity contribution is 8.13. The van der Waals surface area contributed by atoms with E-state index in [9.17, 15) is 9.18 Å². The number of aliphatic imine (C=N–C) groups is 1. The number of anilines is 1. The molecule has 2 aliphatic heterocycles. The molecule has 0 spiro atoms. The van der Waals surface area contributed by atoms with Crippen molar-refractivity contribution < 1.29 is 9.18 Å². The Balaban J connectivity index is 1.82. The minimum absolute atomic E-state index is 0.300. The van der Waals surface area contributed by atoms with Crippen molar-refractivity contribution in [2.24, 2.45) is 4.99 Å². The Morgan fingerprint density at radius 1 is 1.25 bits per heavy atom. The summed E-state index contributed by atoms with van der Waals surface area (Å²) < 4.78 is 14.9. The van der Waals surface area contributed by atoms with Gasteiger partial charge in [0.05, 0.1) is 17.3 Å². The van der Waals surface area contributed by atoms with Gasteiger partial charge in [0.25, 0.3) is 5.91 Å². The second-order valence-electron chi connectivity index (χ2n) is 6.65. The maximum atomic E-state index is 14.9. The third kappa shape index (κ3) is 3.54. The van der Waals surface area contributed by atoms with Gasteiger partial charge in [0.1, 0.15) is 5.82 Å². The second kappa shape index (κ2) is 7.97. The van der Waals surface area contributed by atoms with Crippen LogP contribution >= 0.6 is 23.4 Å². The molecule has 1 amide bonds. The molecule has 4 rings (SSSR count). The SMILES string of the molecule is CC1=C(C(=O)Nc2ccccc2)[C@H](c2c(F)cccc2Cl)N2CCCSC2=N1. The summed E-state index contributed by atoms with van der Waals surface area (Å²) in [5.41, 5.74) is 1.99. The van der Waals surface area contributed by atoms with Crippen LogP contribution in [-0.4, -0.2) is 28.3 Å². The third-order valence-electron chi connectivity index (χ3n) is 4.81. The van der Waals surface area contributed by atoms with Crippen LogP contribution in [0.4, 0.5) is 10.1 Å². The zero-order valence-corrected chi connectivity index (χ0v) is 16.9. The number of rotatable bonds is 3. The molecule has 0 unspecified atom stereocenters. The van der Waals surface area contributed by atoms with Crippen LogP contribution in [-0.2, 0) is 4.79 Å². The van der Waals surface area contributed by atoms with E-state index in [0.29, 0.717) is 34.1 Å². The first-order valence-corrected chi connectivity index (χ1v) is 10.4. The number of hydrogen-bond acceptors (Lipinski definition) is 4. The predicted molar refractivity (Wildman–Crippen MR) is 113 cm³/mol. The highest BCUT2D eigenvalue weighted by Crippen LogP contribution is 2.42. The molecule has 2 aliphatic rings. The van der Waals surface area contributed by atoms with Crippen LogP contribution in [0.25, 0.3) is 0 Å². The Morgan fingerprint density at radius 3 is 2.79 bits per heavy atom. The van der Waals surface area contributed by atoms with Crippen LogP contribution in [0, 0.1) is 5.82 Å². The first-order valence-electron chi connectivity index (χ1n) is 9.05. The minimum Gasteiger partial charge on any atom is -0.340 e. The molecule has 0 bridgehead atoms. The Morgan fingerprint density at radius 2 is 2.04 bits per heavy atom. The van der Waals surface area contributed by atoms with Gasteiger partial charge in [0.2, 0.25) is 0 Å². The van der Waals surface area contributed by atoms with Crippen molar-refractivity contribution in [3.63, 3.8) is 0 Å². The average molecular weight is 416 g/mol. The van der Waals surface area contributed by atoms with E-state index in [1.165, 1.54) is 6.07 Å². The van der Waals surface area contributed by atoms with Crippen LogP contribution in [0.3, 0.4) is 0 Å². The molecule has 144 valence electrons. The number of fused-ring (bicyclic) bond motifs is 1. The van der Waals surface area contributed by atoms with E-state index in [-0.39, 0.29) is 5.91 Å². The number of nitrogens with one attached hydrogen (secondary N) is 1. The molecule has 4 nitrogen and oxygen atoms in total. The van der Waals surface area contributed by atoms with Crippen LogP contribution in [0.5, 0.6) is 0 Å². The Hall–Kier alpha value is -2.31. The number of carbonyl (C=O) groups is 1. The van der Waals surface area contributed by atoms with E-state index in [1.54, 1.807) is 30.8 Å². The first-order chi connectivity index (χ1) is 13.6. The van der Waals surface area contributed by atoms with Crippen molar-refractivity contribution >= 4 is 40.1 Å². The molecule has 1 saturated heterocycles. The lowest BCUT2D eigenvalue weighted by Gasteiger charge is -2.41. The molecule has 0 radical (unpaired) electrons. The van der Waals surface area contributed by atoms with Gasteiger partial charge < -0.3 is 10.2 Å². The monoisotopic (exact) mass is 415 g/mol. The molecule has 1 atom stereocenters. The third-order valence-corrected chi connectivity index (χ3v) is 6.21.